The van der Waals surface area contributed by atoms with E-state index in [0.29, 0.717) is 12.2 Å². The highest BCUT2D eigenvalue weighted by molar-refractivity contribution is 5.90. The van der Waals surface area contributed by atoms with Gasteiger partial charge in [-0.25, -0.2) is 4.79 Å². The van der Waals surface area contributed by atoms with Gasteiger partial charge in [-0.1, -0.05) is 13.0 Å². The van der Waals surface area contributed by atoms with E-state index < -0.39 is 0 Å². The van der Waals surface area contributed by atoms with Gasteiger partial charge in [0.25, 0.3) is 0 Å². The van der Waals surface area contributed by atoms with E-state index in [1.165, 1.54) is 25.9 Å². The Labute approximate surface area is 121 Å². The standard InChI is InChI=1S/C16H24N2O2/c1-2-12-20-16(19)14-6-5-7-15(13-14)17-8-11-18-9-3-4-10-18/h5-7,13,17H,2-4,8-12H2,1H3. The van der Waals surface area contributed by atoms with Crippen LogP contribution in [-0.2, 0) is 4.74 Å². The van der Waals surface area contributed by atoms with Crippen molar-refractivity contribution >= 4 is 11.7 Å². The Balaban J connectivity index is 1.80. The number of hydrogen-bond acceptors (Lipinski definition) is 4. The summed E-state index contributed by atoms with van der Waals surface area (Å²) in [5, 5.41) is 3.37. The smallest absolute Gasteiger partial charge is 0.338 e. The van der Waals surface area contributed by atoms with E-state index >= 15 is 0 Å². The zero-order chi connectivity index (χ0) is 14.2. The third-order valence-electron chi connectivity index (χ3n) is 3.49. The van der Waals surface area contributed by atoms with Gasteiger partial charge in [0.2, 0.25) is 0 Å². The number of rotatable bonds is 7. The largest absolute Gasteiger partial charge is 0.462 e. The van der Waals surface area contributed by atoms with Crippen LogP contribution in [0.25, 0.3) is 0 Å². The van der Waals surface area contributed by atoms with Gasteiger partial charge in [-0.2, -0.15) is 0 Å². The molecule has 1 N–H and O–H groups in total. The Morgan fingerprint density at radius 1 is 1.35 bits per heavy atom. The first-order valence-corrected chi connectivity index (χ1v) is 7.53. The molecule has 0 radical (unpaired) electrons. The molecule has 1 aliphatic rings. The summed E-state index contributed by atoms with van der Waals surface area (Å²) in [6.07, 6.45) is 3.48. The summed E-state index contributed by atoms with van der Waals surface area (Å²) in [5.74, 6) is -0.241. The van der Waals surface area contributed by atoms with Gasteiger partial charge < -0.3 is 15.0 Å². The second-order valence-corrected chi connectivity index (χ2v) is 5.19. The second-order valence-electron chi connectivity index (χ2n) is 5.19. The molecule has 1 heterocycles. The van der Waals surface area contributed by atoms with Crippen molar-refractivity contribution in [3.8, 4) is 0 Å². The van der Waals surface area contributed by atoms with Crippen LogP contribution in [0.4, 0.5) is 5.69 Å². The van der Waals surface area contributed by atoms with Gasteiger partial charge in [0.1, 0.15) is 0 Å². The maximum absolute atomic E-state index is 11.8. The normalized spacial score (nSPS) is 15.2. The lowest BCUT2D eigenvalue weighted by molar-refractivity contribution is 0.0505. The lowest BCUT2D eigenvalue weighted by atomic mass is 10.2. The van der Waals surface area contributed by atoms with Crippen molar-refractivity contribution in [3.63, 3.8) is 0 Å². The number of hydrogen-bond donors (Lipinski definition) is 1. The van der Waals surface area contributed by atoms with Gasteiger partial charge in [0.05, 0.1) is 12.2 Å². The number of anilines is 1. The van der Waals surface area contributed by atoms with Crippen molar-refractivity contribution in [1.29, 1.82) is 0 Å². The molecule has 4 nitrogen and oxygen atoms in total. The first-order valence-electron chi connectivity index (χ1n) is 7.53. The van der Waals surface area contributed by atoms with Crippen LogP contribution in [0.5, 0.6) is 0 Å². The van der Waals surface area contributed by atoms with E-state index in [1.54, 1.807) is 6.07 Å². The summed E-state index contributed by atoms with van der Waals surface area (Å²) in [4.78, 5) is 14.2. The molecule has 2 rings (SSSR count). The fraction of sp³-hybridized carbons (Fsp3) is 0.562. The summed E-state index contributed by atoms with van der Waals surface area (Å²) >= 11 is 0. The SMILES string of the molecule is CCCOC(=O)c1cccc(NCCN2CCCC2)c1. The molecule has 0 aliphatic carbocycles. The average molecular weight is 276 g/mol. The summed E-state index contributed by atoms with van der Waals surface area (Å²) in [6, 6.07) is 7.53. The summed E-state index contributed by atoms with van der Waals surface area (Å²) in [7, 11) is 0. The highest BCUT2D eigenvalue weighted by Gasteiger charge is 2.11. The first-order chi connectivity index (χ1) is 9.79. The van der Waals surface area contributed by atoms with Crippen molar-refractivity contribution in [1.82, 2.24) is 4.90 Å². The molecule has 1 aromatic carbocycles. The fourth-order valence-electron chi connectivity index (χ4n) is 2.40. The fourth-order valence-corrected chi connectivity index (χ4v) is 2.40. The number of nitrogens with zero attached hydrogens (tertiary/aromatic N) is 1. The first kappa shape index (κ1) is 14.9. The Morgan fingerprint density at radius 3 is 2.90 bits per heavy atom. The van der Waals surface area contributed by atoms with Gasteiger partial charge in [-0.15, -0.1) is 0 Å². The third-order valence-corrected chi connectivity index (χ3v) is 3.49. The maximum Gasteiger partial charge on any atom is 0.338 e. The topological polar surface area (TPSA) is 41.6 Å². The van der Waals surface area contributed by atoms with Gasteiger partial charge in [0, 0.05) is 18.8 Å². The van der Waals surface area contributed by atoms with Crippen LogP contribution in [0.1, 0.15) is 36.5 Å². The van der Waals surface area contributed by atoms with Crippen LogP contribution in [0.15, 0.2) is 24.3 Å². The van der Waals surface area contributed by atoms with Gasteiger partial charge in [-0.3, -0.25) is 0 Å². The zero-order valence-corrected chi connectivity index (χ0v) is 12.2. The molecule has 0 saturated carbocycles. The minimum Gasteiger partial charge on any atom is -0.462 e. The van der Waals surface area contributed by atoms with E-state index in [0.717, 1.165) is 25.2 Å². The molecule has 0 atom stereocenters. The van der Waals surface area contributed by atoms with Gasteiger partial charge in [-0.05, 0) is 50.6 Å². The molecule has 0 spiro atoms. The van der Waals surface area contributed by atoms with E-state index in [1.807, 2.05) is 25.1 Å². The predicted molar refractivity (Wildman–Crippen MR) is 81.2 cm³/mol. The van der Waals surface area contributed by atoms with Gasteiger partial charge in [0.15, 0.2) is 0 Å². The average Bonchev–Trinajstić information content (AvgIpc) is 2.98. The number of carbonyl (C=O) groups excluding carboxylic acids is 1. The third kappa shape index (κ3) is 4.53. The molecular weight excluding hydrogens is 252 g/mol. The molecular formula is C16H24N2O2. The van der Waals surface area contributed by atoms with E-state index in [9.17, 15) is 4.79 Å². The quantitative estimate of drug-likeness (QED) is 0.778. The molecule has 0 unspecified atom stereocenters. The molecule has 1 fully saturated rings. The number of benzene rings is 1. The van der Waals surface area contributed by atoms with Crippen molar-refractivity contribution in [2.75, 3.05) is 38.1 Å². The molecule has 0 aromatic heterocycles. The molecule has 20 heavy (non-hydrogen) atoms. The van der Waals surface area contributed by atoms with Crippen LogP contribution >= 0.6 is 0 Å². The molecule has 0 amide bonds. The summed E-state index contributed by atoms with van der Waals surface area (Å²) in [6.45, 7) is 6.86. The molecule has 1 aromatic rings. The van der Waals surface area contributed by atoms with E-state index in [4.69, 9.17) is 4.74 Å². The minimum absolute atomic E-state index is 0.241. The van der Waals surface area contributed by atoms with Crippen LogP contribution < -0.4 is 5.32 Å². The van der Waals surface area contributed by atoms with Crippen LogP contribution in [-0.4, -0.2) is 43.7 Å². The monoisotopic (exact) mass is 276 g/mol. The molecule has 1 saturated heterocycles. The van der Waals surface area contributed by atoms with Crippen molar-refractivity contribution in [2.24, 2.45) is 0 Å². The number of likely N-dealkylation sites (tertiary alicyclic amines) is 1. The highest BCUT2D eigenvalue weighted by atomic mass is 16.5. The second kappa shape index (κ2) is 7.90. The molecule has 110 valence electrons. The summed E-state index contributed by atoms with van der Waals surface area (Å²) < 4.78 is 5.14. The predicted octanol–water partition coefficient (Wildman–Crippen LogP) is 2.76. The maximum atomic E-state index is 11.8. The van der Waals surface area contributed by atoms with E-state index in [2.05, 4.69) is 10.2 Å². The lowest BCUT2D eigenvalue weighted by Gasteiger charge is -2.15. The van der Waals surface area contributed by atoms with Crippen molar-refractivity contribution < 1.29 is 9.53 Å². The van der Waals surface area contributed by atoms with Crippen LogP contribution in [0.3, 0.4) is 0 Å². The number of nitrogens with one attached hydrogen (secondary N) is 1. The molecule has 0 bridgehead atoms. The molecule has 4 heteroatoms. The molecule has 1 aliphatic heterocycles. The summed E-state index contributed by atoms with van der Waals surface area (Å²) in [5.41, 5.74) is 1.60. The minimum atomic E-state index is -0.241. The highest BCUT2D eigenvalue weighted by Crippen LogP contribution is 2.12. The number of esters is 1. The number of carbonyl (C=O) groups is 1. The zero-order valence-electron chi connectivity index (χ0n) is 12.2. The lowest BCUT2D eigenvalue weighted by Crippen LogP contribution is -2.25. The Hall–Kier alpha value is -1.55. The van der Waals surface area contributed by atoms with Crippen molar-refractivity contribution in [3.05, 3.63) is 29.8 Å². The Morgan fingerprint density at radius 2 is 2.15 bits per heavy atom. The van der Waals surface area contributed by atoms with E-state index in [-0.39, 0.29) is 5.97 Å². The Bertz CT molecular complexity index is 428. The van der Waals surface area contributed by atoms with Gasteiger partial charge >= 0.3 is 5.97 Å². The van der Waals surface area contributed by atoms with Crippen molar-refractivity contribution in [2.45, 2.75) is 26.2 Å². The van der Waals surface area contributed by atoms with Crippen LogP contribution in [0.2, 0.25) is 0 Å². The van der Waals surface area contributed by atoms with Crippen LogP contribution in [0, 0.1) is 0 Å². The number of ether oxygens (including phenoxy) is 1. The Kier molecular flexibility index (Phi) is 5.87.